The third-order valence-electron chi connectivity index (χ3n) is 3.39. The molecule has 0 bridgehead atoms. The van der Waals surface area contributed by atoms with Gasteiger partial charge in [-0.05, 0) is 57.0 Å². The molecule has 116 valence electrons. The van der Waals surface area contributed by atoms with Gasteiger partial charge in [0.25, 0.3) is 0 Å². The van der Waals surface area contributed by atoms with Crippen molar-refractivity contribution in [1.29, 1.82) is 0 Å². The molecule has 0 unspecified atom stereocenters. The smallest absolute Gasteiger partial charge is 0.197 e. The topological polar surface area (TPSA) is 52.3 Å². The van der Waals surface area contributed by atoms with Crippen molar-refractivity contribution in [3.05, 3.63) is 57.6 Å². The lowest BCUT2D eigenvalue weighted by Gasteiger charge is -2.19. The minimum absolute atomic E-state index is 0.0355. The quantitative estimate of drug-likeness (QED) is 0.664. The van der Waals surface area contributed by atoms with Crippen molar-refractivity contribution in [2.75, 3.05) is 5.73 Å². The first-order valence-corrected chi connectivity index (χ1v) is 7.55. The van der Waals surface area contributed by atoms with Crippen molar-refractivity contribution in [3.8, 4) is 5.75 Å². The van der Waals surface area contributed by atoms with Gasteiger partial charge in [0.15, 0.2) is 5.78 Å². The van der Waals surface area contributed by atoms with E-state index in [4.69, 9.17) is 22.1 Å². The van der Waals surface area contributed by atoms with Crippen LogP contribution in [0, 0.1) is 13.8 Å². The average Bonchev–Trinajstić information content (AvgIpc) is 2.44. The molecular formula is C18H20ClNO2. The predicted octanol–water partition coefficient (Wildman–Crippen LogP) is 4.56. The van der Waals surface area contributed by atoms with Gasteiger partial charge in [-0.1, -0.05) is 23.7 Å². The van der Waals surface area contributed by atoms with Gasteiger partial charge in [-0.25, -0.2) is 0 Å². The zero-order valence-corrected chi connectivity index (χ0v) is 14.0. The summed E-state index contributed by atoms with van der Waals surface area (Å²) in [5.74, 6) is 0.454. The van der Waals surface area contributed by atoms with Crippen LogP contribution in [0.1, 0.15) is 40.9 Å². The van der Waals surface area contributed by atoms with Gasteiger partial charge >= 0.3 is 0 Å². The fourth-order valence-corrected chi connectivity index (χ4v) is 2.59. The minimum Gasteiger partial charge on any atom is -0.490 e. The Bertz CT molecular complexity index is 723. The zero-order valence-electron chi connectivity index (χ0n) is 13.2. The predicted molar refractivity (Wildman–Crippen MR) is 91.0 cm³/mol. The van der Waals surface area contributed by atoms with E-state index < -0.39 is 0 Å². The summed E-state index contributed by atoms with van der Waals surface area (Å²) in [7, 11) is 0. The van der Waals surface area contributed by atoms with E-state index in [0.717, 1.165) is 11.1 Å². The Morgan fingerprint density at radius 2 is 1.91 bits per heavy atom. The third kappa shape index (κ3) is 3.25. The number of benzene rings is 2. The third-order valence-corrected chi connectivity index (χ3v) is 3.78. The van der Waals surface area contributed by atoms with Crippen LogP contribution in [-0.4, -0.2) is 11.9 Å². The molecule has 2 N–H and O–H groups in total. The number of hydrogen-bond donors (Lipinski definition) is 1. The molecule has 0 saturated carbocycles. The van der Waals surface area contributed by atoms with Gasteiger partial charge in [0, 0.05) is 16.3 Å². The molecule has 22 heavy (non-hydrogen) atoms. The number of nitrogens with two attached hydrogens (primary N) is 1. The minimum atomic E-state index is -0.133. The van der Waals surface area contributed by atoms with Gasteiger partial charge in [0.1, 0.15) is 5.75 Å². The van der Waals surface area contributed by atoms with Crippen molar-refractivity contribution in [3.63, 3.8) is 0 Å². The SMILES string of the molecule is Cc1cc(Cl)c(C)c(C(=O)c2cccc(N)c2)c1OC(C)C. The van der Waals surface area contributed by atoms with Crippen LogP contribution in [0.5, 0.6) is 5.75 Å². The molecule has 0 fully saturated rings. The van der Waals surface area contributed by atoms with Gasteiger partial charge in [-0.3, -0.25) is 4.79 Å². The van der Waals surface area contributed by atoms with E-state index in [-0.39, 0.29) is 11.9 Å². The molecule has 0 aliphatic rings. The van der Waals surface area contributed by atoms with E-state index >= 15 is 0 Å². The zero-order chi connectivity index (χ0) is 16.4. The fraction of sp³-hybridized carbons (Fsp3) is 0.278. The molecule has 0 saturated heterocycles. The number of ketones is 1. The molecule has 3 nitrogen and oxygen atoms in total. The molecule has 4 heteroatoms. The summed E-state index contributed by atoms with van der Waals surface area (Å²) >= 11 is 6.26. The average molecular weight is 318 g/mol. The Morgan fingerprint density at radius 1 is 1.23 bits per heavy atom. The molecular weight excluding hydrogens is 298 g/mol. The number of rotatable bonds is 4. The maximum atomic E-state index is 12.9. The molecule has 0 radical (unpaired) electrons. The maximum Gasteiger partial charge on any atom is 0.197 e. The summed E-state index contributed by atoms with van der Waals surface area (Å²) in [5, 5.41) is 0.556. The fourth-order valence-electron chi connectivity index (χ4n) is 2.34. The molecule has 0 heterocycles. The Hall–Kier alpha value is -2.00. The van der Waals surface area contributed by atoms with Crippen LogP contribution in [0.2, 0.25) is 5.02 Å². The highest BCUT2D eigenvalue weighted by Crippen LogP contribution is 2.34. The lowest BCUT2D eigenvalue weighted by atomic mass is 9.95. The molecule has 0 atom stereocenters. The second-order valence-electron chi connectivity index (χ2n) is 5.63. The summed E-state index contributed by atoms with van der Waals surface area (Å²) in [4.78, 5) is 12.9. The first-order chi connectivity index (χ1) is 10.3. The van der Waals surface area contributed by atoms with Gasteiger partial charge in [-0.15, -0.1) is 0 Å². The summed E-state index contributed by atoms with van der Waals surface area (Å²) in [5.41, 5.74) is 8.92. The number of halogens is 1. The number of carbonyl (C=O) groups is 1. The summed E-state index contributed by atoms with van der Waals surface area (Å²) in [6.07, 6.45) is -0.0355. The van der Waals surface area contributed by atoms with Gasteiger partial charge in [0.2, 0.25) is 0 Å². The molecule has 0 aliphatic carbocycles. The highest BCUT2D eigenvalue weighted by atomic mass is 35.5. The van der Waals surface area contributed by atoms with Crippen molar-refractivity contribution in [2.24, 2.45) is 0 Å². The van der Waals surface area contributed by atoms with Gasteiger partial charge in [-0.2, -0.15) is 0 Å². The van der Waals surface area contributed by atoms with E-state index in [1.54, 1.807) is 24.3 Å². The summed E-state index contributed by atoms with van der Waals surface area (Å²) in [6, 6.07) is 8.74. The summed E-state index contributed by atoms with van der Waals surface area (Å²) < 4.78 is 5.87. The van der Waals surface area contributed by atoms with Crippen molar-refractivity contribution >= 4 is 23.1 Å². The highest BCUT2D eigenvalue weighted by molar-refractivity contribution is 6.32. The van der Waals surface area contributed by atoms with Crippen molar-refractivity contribution in [2.45, 2.75) is 33.8 Å². The molecule has 0 spiro atoms. The molecule has 0 aromatic heterocycles. The van der Waals surface area contributed by atoms with Crippen LogP contribution < -0.4 is 10.5 Å². The largest absolute Gasteiger partial charge is 0.490 e. The Balaban J connectivity index is 2.64. The normalized spacial score (nSPS) is 10.8. The van der Waals surface area contributed by atoms with Crippen molar-refractivity contribution in [1.82, 2.24) is 0 Å². The standard InChI is InChI=1S/C18H20ClNO2/c1-10(2)22-18-11(3)8-15(19)12(4)16(18)17(21)13-6-5-7-14(20)9-13/h5-10H,20H2,1-4H3. The Morgan fingerprint density at radius 3 is 2.50 bits per heavy atom. The number of hydrogen-bond acceptors (Lipinski definition) is 3. The highest BCUT2D eigenvalue weighted by Gasteiger charge is 2.22. The van der Waals surface area contributed by atoms with Gasteiger partial charge < -0.3 is 10.5 Å². The van der Waals surface area contributed by atoms with Crippen molar-refractivity contribution < 1.29 is 9.53 Å². The molecule has 2 aromatic rings. The van der Waals surface area contributed by atoms with Crippen LogP contribution in [0.15, 0.2) is 30.3 Å². The summed E-state index contributed by atoms with van der Waals surface area (Å²) in [6.45, 7) is 7.57. The van der Waals surface area contributed by atoms with E-state index in [0.29, 0.717) is 27.6 Å². The first kappa shape index (κ1) is 16.4. The Kier molecular flexibility index (Phi) is 4.77. The van der Waals surface area contributed by atoms with Crippen LogP contribution in [-0.2, 0) is 0 Å². The van der Waals surface area contributed by atoms with E-state index in [9.17, 15) is 4.79 Å². The second kappa shape index (κ2) is 6.41. The maximum absolute atomic E-state index is 12.9. The number of ether oxygens (including phenoxy) is 1. The first-order valence-electron chi connectivity index (χ1n) is 7.18. The van der Waals surface area contributed by atoms with Crippen LogP contribution in [0.4, 0.5) is 5.69 Å². The van der Waals surface area contributed by atoms with Crippen LogP contribution in [0.25, 0.3) is 0 Å². The monoisotopic (exact) mass is 317 g/mol. The lowest BCUT2D eigenvalue weighted by Crippen LogP contribution is -2.14. The molecule has 2 aromatic carbocycles. The van der Waals surface area contributed by atoms with E-state index in [1.807, 2.05) is 33.8 Å². The molecule has 2 rings (SSSR count). The van der Waals surface area contributed by atoms with E-state index in [1.165, 1.54) is 0 Å². The second-order valence-corrected chi connectivity index (χ2v) is 6.03. The van der Waals surface area contributed by atoms with Gasteiger partial charge in [0.05, 0.1) is 11.7 Å². The number of anilines is 1. The lowest BCUT2D eigenvalue weighted by molar-refractivity contribution is 0.103. The Labute approximate surface area is 136 Å². The van der Waals surface area contributed by atoms with Crippen LogP contribution in [0.3, 0.4) is 0 Å². The van der Waals surface area contributed by atoms with E-state index in [2.05, 4.69) is 0 Å². The molecule has 0 aliphatic heterocycles. The number of aryl methyl sites for hydroxylation is 1. The molecule has 0 amide bonds. The van der Waals surface area contributed by atoms with Crippen LogP contribution >= 0.6 is 11.6 Å². The number of nitrogen functional groups attached to an aromatic ring is 1. The number of carbonyl (C=O) groups excluding carboxylic acids is 1.